The van der Waals surface area contributed by atoms with Gasteiger partial charge in [-0.05, 0) is 34.9 Å². The molecule has 7 heteroatoms. The molecular formula is C24H22N2O5. The average Bonchev–Trinajstić information content (AvgIpc) is 2.81. The van der Waals surface area contributed by atoms with Crippen molar-refractivity contribution in [2.75, 3.05) is 14.2 Å². The number of nitro benzene ring substituents is 1. The second-order valence-corrected chi connectivity index (χ2v) is 6.65. The summed E-state index contributed by atoms with van der Waals surface area (Å²) in [5.74, 6) is 0.880. The van der Waals surface area contributed by atoms with Crippen molar-refractivity contribution >= 4 is 23.2 Å². The van der Waals surface area contributed by atoms with E-state index in [1.807, 2.05) is 36.4 Å². The second-order valence-electron chi connectivity index (χ2n) is 6.65. The van der Waals surface area contributed by atoms with Gasteiger partial charge in [-0.2, -0.15) is 0 Å². The highest BCUT2D eigenvalue weighted by atomic mass is 16.6. The van der Waals surface area contributed by atoms with E-state index in [0.29, 0.717) is 28.2 Å². The Kier molecular flexibility index (Phi) is 7.01. The van der Waals surface area contributed by atoms with Crippen LogP contribution in [0.3, 0.4) is 0 Å². The van der Waals surface area contributed by atoms with Crippen LogP contribution in [0.5, 0.6) is 11.5 Å². The largest absolute Gasteiger partial charge is 0.493 e. The molecule has 3 aromatic carbocycles. The number of nitro groups is 1. The van der Waals surface area contributed by atoms with Gasteiger partial charge in [0, 0.05) is 24.3 Å². The lowest BCUT2D eigenvalue weighted by molar-refractivity contribution is -0.384. The number of nitrogens with one attached hydrogen (secondary N) is 1. The smallest absolute Gasteiger partial charge is 0.270 e. The highest BCUT2D eigenvalue weighted by Gasteiger charge is 2.14. The van der Waals surface area contributed by atoms with Crippen molar-refractivity contribution in [3.8, 4) is 11.5 Å². The normalized spacial score (nSPS) is 11.0. The van der Waals surface area contributed by atoms with E-state index in [1.54, 1.807) is 44.6 Å². The molecule has 0 unspecified atom stereocenters. The van der Waals surface area contributed by atoms with Crippen LogP contribution in [0.1, 0.15) is 16.7 Å². The topological polar surface area (TPSA) is 90.7 Å². The van der Waals surface area contributed by atoms with Crippen LogP contribution in [-0.4, -0.2) is 25.1 Å². The van der Waals surface area contributed by atoms with Gasteiger partial charge in [-0.25, -0.2) is 0 Å². The van der Waals surface area contributed by atoms with E-state index >= 15 is 0 Å². The molecule has 0 bridgehead atoms. The number of hydrogen-bond donors (Lipinski definition) is 1. The lowest BCUT2D eigenvalue weighted by Crippen LogP contribution is -2.23. The Labute approximate surface area is 180 Å². The van der Waals surface area contributed by atoms with E-state index in [4.69, 9.17) is 9.47 Å². The number of ether oxygens (including phenoxy) is 2. The second kappa shape index (κ2) is 10.1. The molecule has 0 atom stereocenters. The van der Waals surface area contributed by atoms with E-state index < -0.39 is 4.92 Å². The number of nitrogens with zero attached hydrogens (tertiary/aromatic N) is 1. The van der Waals surface area contributed by atoms with Crippen LogP contribution in [0.15, 0.2) is 72.8 Å². The Bertz CT molecular complexity index is 1110. The predicted octanol–water partition coefficient (Wildman–Crippen LogP) is 4.47. The number of carbonyl (C=O) groups excluding carboxylic acids is 1. The van der Waals surface area contributed by atoms with Gasteiger partial charge >= 0.3 is 0 Å². The molecule has 0 heterocycles. The standard InChI is InChI=1S/C24H22N2O5/c1-30-22-12-11-18(15-23(22)31-2)16-25-24(27)21(19-8-4-3-5-9-19)14-17-7-6-10-20(13-17)26(28)29/h3-15H,16H2,1-2H3,(H,25,27)/b21-14+. The summed E-state index contributed by atoms with van der Waals surface area (Å²) in [7, 11) is 3.11. The number of benzene rings is 3. The van der Waals surface area contributed by atoms with Gasteiger partial charge in [-0.15, -0.1) is 0 Å². The Morgan fingerprint density at radius 2 is 1.71 bits per heavy atom. The first-order valence-corrected chi connectivity index (χ1v) is 9.52. The first-order valence-electron chi connectivity index (χ1n) is 9.52. The molecule has 0 fully saturated rings. The van der Waals surface area contributed by atoms with E-state index in [2.05, 4.69) is 5.32 Å². The minimum Gasteiger partial charge on any atom is -0.493 e. The Balaban J connectivity index is 1.87. The Morgan fingerprint density at radius 3 is 2.39 bits per heavy atom. The molecular weight excluding hydrogens is 396 g/mol. The highest BCUT2D eigenvalue weighted by Crippen LogP contribution is 2.27. The van der Waals surface area contributed by atoms with E-state index in [9.17, 15) is 14.9 Å². The maximum absolute atomic E-state index is 13.0. The van der Waals surface area contributed by atoms with Gasteiger partial charge in [-0.3, -0.25) is 14.9 Å². The van der Waals surface area contributed by atoms with Crippen molar-refractivity contribution in [1.29, 1.82) is 0 Å². The maximum Gasteiger partial charge on any atom is 0.270 e. The molecule has 0 radical (unpaired) electrons. The van der Waals surface area contributed by atoms with Crippen LogP contribution in [0.4, 0.5) is 5.69 Å². The van der Waals surface area contributed by atoms with E-state index in [-0.39, 0.29) is 18.1 Å². The molecule has 158 valence electrons. The van der Waals surface area contributed by atoms with Crippen molar-refractivity contribution < 1.29 is 19.2 Å². The summed E-state index contributed by atoms with van der Waals surface area (Å²) < 4.78 is 10.5. The molecule has 1 amide bonds. The lowest BCUT2D eigenvalue weighted by atomic mass is 10.0. The fourth-order valence-electron chi connectivity index (χ4n) is 3.06. The zero-order valence-electron chi connectivity index (χ0n) is 17.2. The van der Waals surface area contributed by atoms with Gasteiger partial charge in [0.05, 0.1) is 19.1 Å². The summed E-state index contributed by atoms with van der Waals surface area (Å²) in [6.07, 6.45) is 1.65. The van der Waals surface area contributed by atoms with Gasteiger partial charge < -0.3 is 14.8 Å². The summed E-state index contributed by atoms with van der Waals surface area (Å²) in [6, 6.07) is 20.7. The average molecular weight is 418 g/mol. The molecule has 0 spiro atoms. The van der Waals surface area contributed by atoms with Gasteiger partial charge in [0.15, 0.2) is 11.5 Å². The van der Waals surface area contributed by atoms with Gasteiger partial charge in [0.1, 0.15) is 0 Å². The third-order valence-electron chi connectivity index (χ3n) is 4.62. The van der Waals surface area contributed by atoms with Crippen molar-refractivity contribution in [3.63, 3.8) is 0 Å². The number of rotatable bonds is 8. The van der Waals surface area contributed by atoms with Crippen LogP contribution in [0.2, 0.25) is 0 Å². The van der Waals surface area contributed by atoms with E-state index in [0.717, 1.165) is 5.56 Å². The first kappa shape index (κ1) is 21.6. The molecule has 0 saturated heterocycles. The molecule has 3 aromatic rings. The molecule has 0 aromatic heterocycles. The van der Waals surface area contributed by atoms with Crippen LogP contribution < -0.4 is 14.8 Å². The van der Waals surface area contributed by atoms with Crippen LogP contribution in [0.25, 0.3) is 11.6 Å². The molecule has 1 N–H and O–H groups in total. The zero-order chi connectivity index (χ0) is 22.2. The molecule has 31 heavy (non-hydrogen) atoms. The summed E-state index contributed by atoms with van der Waals surface area (Å²) in [5, 5.41) is 14.0. The molecule has 0 aliphatic heterocycles. The molecule has 3 rings (SSSR count). The monoisotopic (exact) mass is 418 g/mol. The third kappa shape index (κ3) is 5.48. The minimum absolute atomic E-state index is 0.0353. The summed E-state index contributed by atoms with van der Waals surface area (Å²) >= 11 is 0. The number of amides is 1. The summed E-state index contributed by atoms with van der Waals surface area (Å²) in [5.41, 5.74) is 2.48. The molecule has 0 saturated carbocycles. The maximum atomic E-state index is 13.0. The van der Waals surface area contributed by atoms with Crippen molar-refractivity contribution in [2.45, 2.75) is 6.54 Å². The van der Waals surface area contributed by atoms with Gasteiger partial charge in [0.2, 0.25) is 0 Å². The number of non-ortho nitro benzene ring substituents is 1. The summed E-state index contributed by atoms with van der Waals surface area (Å²) in [6.45, 7) is 0.276. The number of carbonyl (C=O) groups is 1. The minimum atomic E-state index is -0.462. The lowest BCUT2D eigenvalue weighted by Gasteiger charge is -2.12. The van der Waals surface area contributed by atoms with Crippen molar-refractivity contribution in [3.05, 3.63) is 99.6 Å². The fraction of sp³-hybridized carbons (Fsp3) is 0.125. The zero-order valence-corrected chi connectivity index (χ0v) is 17.2. The quantitative estimate of drug-likeness (QED) is 0.252. The van der Waals surface area contributed by atoms with Crippen LogP contribution in [-0.2, 0) is 11.3 Å². The summed E-state index contributed by atoms with van der Waals surface area (Å²) in [4.78, 5) is 23.7. The Hall–Kier alpha value is -4.13. The van der Waals surface area contributed by atoms with Gasteiger partial charge in [-0.1, -0.05) is 48.5 Å². The highest BCUT2D eigenvalue weighted by molar-refractivity contribution is 6.24. The molecule has 0 aliphatic carbocycles. The van der Waals surface area contributed by atoms with Crippen LogP contribution >= 0.6 is 0 Å². The third-order valence-corrected chi connectivity index (χ3v) is 4.62. The number of methoxy groups -OCH3 is 2. The SMILES string of the molecule is COc1ccc(CNC(=O)/C(=C/c2cccc([N+](=O)[O-])c2)c2ccccc2)cc1OC. The molecule has 7 nitrogen and oxygen atoms in total. The fourth-order valence-corrected chi connectivity index (χ4v) is 3.06. The molecule has 0 aliphatic rings. The predicted molar refractivity (Wildman–Crippen MR) is 119 cm³/mol. The van der Waals surface area contributed by atoms with Crippen LogP contribution in [0, 0.1) is 10.1 Å². The van der Waals surface area contributed by atoms with Gasteiger partial charge in [0.25, 0.3) is 11.6 Å². The Morgan fingerprint density at radius 1 is 0.968 bits per heavy atom. The van der Waals surface area contributed by atoms with Crippen molar-refractivity contribution in [2.24, 2.45) is 0 Å². The number of hydrogen-bond acceptors (Lipinski definition) is 5. The first-order chi connectivity index (χ1) is 15.0. The van der Waals surface area contributed by atoms with Crippen molar-refractivity contribution in [1.82, 2.24) is 5.32 Å². The van der Waals surface area contributed by atoms with E-state index in [1.165, 1.54) is 12.1 Å².